The number of carbonyl (C=O) groups excluding carboxylic acids is 1. The van der Waals surface area contributed by atoms with Crippen LogP contribution < -0.4 is 5.32 Å². The van der Waals surface area contributed by atoms with E-state index in [-0.39, 0.29) is 12.5 Å². The van der Waals surface area contributed by atoms with Gasteiger partial charge in [0, 0.05) is 19.9 Å². The monoisotopic (exact) mass is 274 g/mol. The molecule has 0 fully saturated rings. The van der Waals surface area contributed by atoms with Crippen LogP contribution in [0.1, 0.15) is 17.4 Å². The van der Waals surface area contributed by atoms with Gasteiger partial charge in [-0.25, -0.2) is 4.79 Å². The Morgan fingerprint density at radius 2 is 2.28 bits per heavy atom. The van der Waals surface area contributed by atoms with Crippen molar-refractivity contribution in [1.82, 2.24) is 9.88 Å². The van der Waals surface area contributed by atoms with E-state index in [1.54, 1.807) is 10.8 Å². The molecule has 18 heavy (non-hydrogen) atoms. The van der Waals surface area contributed by atoms with Gasteiger partial charge in [-0.15, -0.1) is 0 Å². The van der Waals surface area contributed by atoms with Crippen molar-refractivity contribution in [3.8, 4) is 0 Å². The lowest BCUT2D eigenvalue weighted by Crippen LogP contribution is -2.38. The van der Waals surface area contributed by atoms with E-state index >= 15 is 0 Å². The van der Waals surface area contributed by atoms with Crippen LogP contribution >= 0.6 is 11.6 Å². The van der Waals surface area contributed by atoms with Gasteiger partial charge in [-0.05, 0) is 13.0 Å². The Morgan fingerprint density at radius 3 is 2.78 bits per heavy atom. The second-order valence-electron chi connectivity index (χ2n) is 3.60. The van der Waals surface area contributed by atoms with Crippen molar-refractivity contribution in [2.75, 3.05) is 13.7 Å². The molecule has 0 aliphatic heterocycles. The minimum atomic E-state index is -1.12. The lowest BCUT2D eigenvalue weighted by Gasteiger charge is -2.12. The summed E-state index contributed by atoms with van der Waals surface area (Å²) in [5.74, 6) is -1.51. The first-order valence-electron chi connectivity index (χ1n) is 5.39. The van der Waals surface area contributed by atoms with Crippen LogP contribution in [0.3, 0.4) is 0 Å². The van der Waals surface area contributed by atoms with Gasteiger partial charge < -0.3 is 19.7 Å². The first-order chi connectivity index (χ1) is 8.49. The predicted molar refractivity (Wildman–Crippen MR) is 65.9 cm³/mol. The fraction of sp³-hybridized carbons (Fsp3) is 0.455. The molecule has 0 aromatic carbocycles. The van der Waals surface area contributed by atoms with Crippen molar-refractivity contribution in [2.45, 2.75) is 19.6 Å². The van der Waals surface area contributed by atoms with Crippen molar-refractivity contribution in [3.05, 3.63) is 23.0 Å². The number of amides is 1. The molecule has 0 spiro atoms. The Labute approximate surface area is 109 Å². The number of carboxylic acids is 1. The molecule has 6 nitrogen and oxygen atoms in total. The number of aromatic nitrogens is 1. The van der Waals surface area contributed by atoms with Crippen LogP contribution in [0.5, 0.6) is 0 Å². The number of carboxylic acid groups (broad SMARTS) is 1. The van der Waals surface area contributed by atoms with E-state index in [0.29, 0.717) is 17.3 Å². The molecule has 7 heteroatoms. The fourth-order valence-corrected chi connectivity index (χ4v) is 1.70. The van der Waals surface area contributed by atoms with E-state index in [2.05, 4.69) is 5.32 Å². The topological polar surface area (TPSA) is 80.6 Å². The smallest absolute Gasteiger partial charge is 0.334 e. The van der Waals surface area contributed by atoms with Gasteiger partial charge >= 0.3 is 5.97 Å². The molecular weight excluding hydrogens is 260 g/mol. The number of hydrogen-bond donors (Lipinski definition) is 2. The largest absolute Gasteiger partial charge is 0.479 e. The maximum Gasteiger partial charge on any atom is 0.334 e. The van der Waals surface area contributed by atoms with Gasteiger partial charge in [0.2, 0.25) is 0 Å². The maximum atomic E-state index is 11.8. The fourth-order valence-electron chi connectivity index (χ4n) is 1.47. The van der Waals surface area contributed by atoms with E-state index in [1.165, 1.54) is 13.2 Å². The number of ether oxygens (including phenoxy) is 1. The number of aryl methyl sites for hydroxylation is 1. The highest BCUT2D eigenvalue weighted by molar-refractivity contribution is 6.31. The molecule has 2 N–H and O–H groups in total. The zero-order valence-electron chi connectivity index (χ0n) is 10.1. The van der Waals surface area contributed by atoms with Gasteiger partial charge in [0.05, 0.1) is 11.6 Å². The summed E-state index contributed by atoms with van der Waals surface area (Å²) in [5, 5.41) is 11.7. The molecule has 0 aliphatic carbocycles. The van der Waals surface area contributed by atoms with E-state index in [9.17, 15) is 9.59 Å². The summed E-state index contributed by atoms with van der Waals surface area (Å²) in [6.45, 7) is 2.38. The number of nitrogens with one attached hydrogen (secondary N) is 1. The normalized spacial score (nSPS) is 12.2. The summed E-state index contributed by atoms with van der Waals surface area (Å²) in [7, 11) is 1.27. The van der Waals surface area contributed by atoms with Crippen LogP contribution in [-0.2, 0) is 16.1 Å². The standard InChI is InChI=1S/C11H15ClN2O4/c1-3-14-6-7(12)4-8(14)10(15)13-5-9(18-2)11(16)17/h4,6,9H,3,5H2,1-2H3,(H,13,15)(H,16,17). The summed E-state index contributed by atoms with van der Waals surface area (Å²) in [5.41, 5.74) is 0.391. The van der Waals surface area contributed by atoms with Crippen LogP contribution in [0.4, 0.5) is 0 Å². The molecular formula is C11H15ClN2O4. The summed E-state index contributed by atoms with van der Waals surface area (Å²) in [6.07, 6.45) is 0.580. The second-order valence-corrected chi connectivity index (χ2v) is 4.04. The lowest BCUT2D eigenvalue weighted by molar-refractivity contribution is -0.148. The van der Waals surface area contributed by atoms with Crippen molar-refractivity contribution in [1.29, 1.82) is 0 Å². The minimum absolute atomic E-state index is 0.100. The van der Waals surface area contributed by atoms with Gasteiger partial charge in [-0.2, -0.15) is 0 Å². The van der Waals surface area contributed by atoms with Gasteiger partial charge in [0.25, 0.3) is 5.91 Å². The summed E-state index contributed by atoms with van der Waals surface area (Å²) >= 11 is 5.81. The third-order valence-electron chi connectivity index (χ3n) is 2.44. The molecule has 0 saturated carbocycles. The summed E-state index contributed by atoms with van der Waals surface area (Å²) in [4.78, 5) is 22.5. The Bertz CT molecular complexity index is 444. The van der Waals surface area contributed by atoms with Gasteiger partial charge in [0.1, 0.15) is 5.69 Å². The molecule has 0 saturated heterocycles. The third-order valence-corrected chi connectivity index (χ3v) is 2.65. The van der Waals surface area contributed by atoms with Crippen molar-refractivity contribution < 1.29 is 19.4 Å². The Hall–Kier alpha value is -1.53. The van der Waals surface area contributed by atoms with Crippen LogP contribution in [-0.4, -0.2) is 41.3 Å². The molecule has 0 radical (unpaired) electrons. The van der Waals surface area contributed by atoms with Crippen LogP contribution in [0, 0.1) is 0 Å². The molecule has 0 bridgehead atoms. The Kier molecular flexibility index (Phi) is 5.18. The zero-order valence-corrected chi connectivity index (χ0v) is 10.9. The van der Waals surface area contributed by atoms with Crippen molar-refractivity contribution in [2.24, 2.45) is 0 Å². The highest BCUT2D eigenvalue weighted by Gasteiger charge is 2.19. The number of carbonyl (C=O) groups is 2. The minimum Gasteiger partial charge on any atom is -0.479 e. The Balaban J connectivity index is 2.67. The van der Waals surface area contributed by atoms with Crippen molar-refractivity contribution in [3.63, 3.8) is 0 Å². The van der Waals surface area contributed by atoms with Gasteiger partial charge in [-0.3, -0.25) is 4.79 Å². The number of halogens is 1. The third kappa shape index (κ3) is 3.48. The van der Waals surface area contributed by atoms with E-state index in [1.807, 2.05) is 6.92 Å². The number of nitrogens with zero attached hydrogens (tertiary/aromatic N) is 1. The number of hydrogen-bond acceptors (Lipinski definition) is 3. The highest BCUT2D eigenvalue weighted by Crippen LogP contribution is 2.13. The summed E-state index contributed by atoms with van der Waals surface area (Å²) in [6, 6.07) is 1.53. The molecule has 0 aliphatic rings. The van der Waals surface area contributed by atoms with Gasteiger partial charge in [-0.1, -0.05) is 11.6 Å². The van der Waals surface area contributed by atoms with Crippen LogP contribution in [0.25, 0.3) is 0 Å². The molecule has 1 heterocycles. The maximum absolute atomic E-state index is 11.8. The average Bonchev–Trinajstić information content (AvgIpc) is 2.70. The van der Waals surface area contributed by atoms with E-state index in [4.69, 9.17) is 21.4 Å². The number of methoxy groups -OCH3 is 1. The molecule has 1 rings (SSSR count). The molecule has 1 aromatic rings. The average molecular weight is 275 g/mol. The van der Waals surface area contributed by atoms with E-state index in [0.717, 1.165) is 0 Å². The molecule has 100 valence electrons. The Morgan fingerprint density at radius 1 is 1.61 bits per heavy atom. The second kappa shape index (κ2) is 6.42. The van der Waals surface area contributed by atoms with E-state index < -0.39 is 12.1 Å². The number of rotatable bonds is 6. The summed E-state index contributed by atoms with van der Waals surface area (Å²) < 4.78 is 6.39. The highest BCUT2D eigenvalue weighted by atomic mass is 35.5. The van der Waals surface area contributed by atoms with Crippen LogP contribution in [0.15, 0.2) is 12.3 Å². The van der Waals surface area contributed by atoms with Gasteiger partial charge in [0.15, 0.2) is 6.10 Å². The number of aliphatic carboxylic acids is 1. The van der Waals surface area contributed by atoms with Crippen molar-refractivity contribution >= 4 is 23.5 Å². The van der Waals surface area contributed by atoms with Crippen LogP contribution in [0.2, 0.25) is 5.02 Å². The quantitative estimate of drug-likeness (QED) is 0.811. The SMILES string of the molecule is CCn1cc(Cl)cc1C(=O)NCC(OC)C(=O)O. The molecule has 1 atom stereocenters. The first-order valence-corrected chi connectivity index (χ1v) is 5.76. The predicted octanol–water partition coefficient (Wildman–Crippen LogP) is 0.991. The molecule has 1 amide bonds. The lowest BCUT2D eigenvalue weighted by atomic mass is 10.3. The zero-order chi connectivity index (χ0) is 13.7. The molecule has 1 aromatic heterocycles. The molecule has 1 unspecified atom stereocenters. The first kappa shape index (κ1) is 14.5.